The van der Waals surface area contributed by atoms with Crippen molar-refractivity contribution in [1.82, 2.24) is 14.7 Å². The molecule has 2 heterocycles. The molecule has 0 saturated carbocycles. The third kappa shape index (κ3) is 5.18. The van der Waals surface area contributed by atoms with Crippen LogP contribution in [-0.2, 0) is 32.5 Å². The molecule has 2 N–H and O–H groups in total. The average Bonchev–Trinajstić information content (AvgIpc) is 2.86. The number of benzene rings is 2. The van der Waals surface area contributed by atoms with Crippen LogP contribution in [0, 0.1) is 0 Å². The SMILES string of the molecule is COCCN1CCc2ccc(-c3ccc(S(=O)(=O)N4CC=C(C(=O)NO)CC4)cc3)cc2C1. The summed E-state index contributed by atoms with van der Waals surface area (Å²) in [6.07, 6.45) is 2.80. The molecule has 0 aliphatic carbocycles. The van der Waals surface area contributed by atoms with E-state index in [1.807, 2.05) is 12.1 Å². The van der Waals surface area contributed by atoms with E-state index in [0.717, 1.165) is 37.2 Å². The summed E-state index contributed by atoms with van der Waals surface area (Å²) in [7, 11) is -1.95. The van der Waals surface area contributed by atoms with Crippen molar-refractivity contribution in [1.29, 1.82) is 0 Å². The number of sulfonamides is 1. The van der Waals surface area contributed by atoms with E-state index < -0.39 is 15.9 Å². The summed E-state index contributed by atoms with van der Waals surface area (Å²) in [5.41, 5.74) is 6.66. The Morgan fingerprint density at radius 3 is 2.48 bits per heavy atom. The van der Waals surface area contributed by atoms with Gasteiger partial charge in [-0.25, -0.2) is 13.9 Å². The highest BCUT2D eigenvalue weighted by molar-refractivity contribution is 7.89. The highest BCUT2D eigenvalue weighted by Crippen LogP contribution is 2.28. The van der Waals surface area contributed by atoms with E-state index in [4.69, 9.17) is 9.94 Å². The Morgan fingerprint density at radius 1 is 1.06 bits per heavy atom. The van der Waals surface area contributed by atoms with E-state index in [1.165, 1.54) is 21.5 Å². The minimum Gasteiger partial charge on any atom is -0.383 e. The summed E-state index contributed by atoms with van der Waals surface area (Å²) in [6.45, 7) is 3.82. The Balaban J connectivity index is 1.49. The molecule has 9 heteroatoms. The van der Waals surface area contributed by atoms with Gasteiger partial charge in [0.05, 0.1) is 11.5 Å². The first kappa shape index (κ1) is 23.6. The van der Waals surface area contributed by atoms with Gasteiger partial charge in [-0.1, -0.05) is 30.3 Å². The first-order valence-corrected chi connectivity index (χ1v) is 12.4. The van der Waals surface area contributed by atoms with Gasteiger partial charge in [0.15, 0.2) is 0 Å². The number of nitrogens with zero attached hydrogens (tertiary/aromatic N) is 2. The minimum atomic E-state index is -3.67. The fourth-order valence-corrected chi connectivity index (χ4v) is 5.70. The van der Waals surface area contributed by atoms with E-state index in [-0.39, 0.29) is 24.4 Å². The highest BCUT2D eigenvalue weighted by atomic mass is 32.2. The van der Waals surface area contributed by atoms with Gasteiger partial charge in [-0.3, -0.25) is 14.9 Å². The maximum absolute atomic E-state index is 13.0. The van der Waals surface area contributed by atoms with Crippen molar-refractivity contribution < 1.29 is 23.2 Å². The third-order valence-electron chi connectivity index (χ3n) is 6.30. The normalized spacial score (nSPS) is 17.3. The maximum Gasteiger partial charge on any atom is 0.270 e. The molecule has 0 atom stereocenters. The number of methoxy groups -OCH3 is 1. The van der Waals surface area contributed by atoms with Crippen molar-refractivity contribution in [3.8, 4) is 11.1 Å². The first-order chi connectivity index (χ1) is 15.9. The molecule has 0 saturated heterocycles. The molecule has 0 unspecified atom stereocenters. The molecule has 2 aromatic carbocycles. The molecule has 2 aliphatic rings. The lowest BCUT2D eigenvalue weighted by atomic mass is 9.95. The summed E-state index contributed by atoms with van der Waals surface area (Å²) >= 11 is 0. The van der Waals surface area contributed by atoms with Gasteiger partial charge in [0.2, 0.25) is 10.0 Å². The summed E-state index contributed by atoms with van der Waals surface area (Å²) in [5, 5.41) is 8.74. The predicted octanol–water partition coefficient (Wildman–Crippen LogP) is 2.18. The molecular formula is C24H29N3O5S. The van der Waals surface area contributed by atoms with Gasteiger partial charge in [-0.2, -0.15) is 4.31 Å². The standard InChI is InChI=1S/C24H29N3O5S/c1-32-15-14-26-11-8-19-2-3-21(16-22(19)17-26)18-4-6-23(7-5-18)33(30,31)27-12-9-20(10-13-27)24(28)25-29/h2-7,9,16,29H,8,10-15,17H2,1H3,(H,25,28). The van der Waals surface area contributed by atoms with E-state index in [0.29, 0.717) is 12.2 Å². The number of rotatable bonds is 7. The molecule has 8 nitrogen and oxygen atoms in total. The van der Waals surface area contributed by atoms with Crippen LogP contribution in [0.15, 0.2) is 59.0 Å². The molecule has 4 rings (SSSR count). The number of nitrogens with one attached hydrogen (secondary N) is 1. The monoisotopic (exact) mass is 471 g/mol. The summed E-state index contributed by atoms with van der Waals surface area (Å²) in [4.78, 5) is 14.1. The number of carbonyl (C=O) groups is 1. The second-order valence-corrected chi connectivity index (χ2v) is 10.2. The van der Waals surface area contributed by atoms with Crippen molar-refractivity contribution in [3.63, 3.8) is 0 Å². The number of ether oxygens (including phenoxy) is 1. The van der Waals surface area contributed by atoms with Crippen molar-refractivity contribution in [2.75, 3.05) is 39.9 Å². The van der Waals surface area contributed by atoms with Crippen molar-refractivity contribution >= 4 is 15.9 Å². The van der Waals surface area contributed by atoms with Crippen LogP contribution in [0.1, 0.15) is 17.5 Å². The van der Waals surface area contributed by atoms with E-state index in [9.17, 15) is 13.2 Å². The molecule has 0 fully saturated rings. The Labute approximate surface area is 194 Å². The summed E-state index contributed by atoms with van der Waals surface area (Å²) in [5.74, 6) is -0.594. The Hall–Kier alpha value is -2.56. The Bertz CT molecular complexity index is 1150. The third-order valence-corrected chi connectivity index (χ3v) is 8.18. The van der Waals surface area contributed by atoms with Crippen LogP contribution in [-0.4, -0.2) is 68.6 Å². The van der Waals surface area contributed by atoms with Crippen LogP contribution in [0.2, 0.25) is 0 Å². The quantitative estimate of drug-likeness (QED) is 0.474. The lowest BCUT2D eigenvalue weighted by Gasteiger charge is -2.29. The second kappa shape index (κ2) is 10.1. The molecule has 2 aromatic rings. The predicted molar refractivity (Wildman–Crippen MR) is 124 cm³/mol. The second-order valence-electron chi connectivity index (χ2n) is 8.31. The zero-order valence-electron chi connectivity index (χ0n) is 18.7. The first-order valence-electron chi connectivity index (χ1n) is 11.0. The number of hydrogen-bond acceptors (Lipinski definition) is 6. The lowest BCUT2D eigenvalue weighted by molar-refractivity contribution is -0.125. The van der Waals surface area contributed by atoms with Crippen LogP contribution >= 0.6 is 0 Å². The molecule has 0 aromatic heterocycles. The molecule has 0 radical (unpaired) electrons. The van der Waals surface area contributed by atoms with Crippen molar-refractivity contribution in [2.45, 2.75) is 24.3 Å². The molecule has 0 spiro atoms. The van der Waals surface area contributed by atoms with E-state index >= 15 is 0 Å². The lowest BCUT2D eigenvalue weighted by Crippen LogP contribution is -2.37. The number of amides is 1. The Kier molecular flexibility index (Phi) is 7.26. The fourth-order valence-electron chi connectivity index (χ4n) is 4.32. The molecule has 1 amide bonds. The smallest absolute Gasteiger partial charge is 0.270 e. The average molecular weight is 472 g/mol. The Morgan fingerprint density at radius 2 is 1.82 bits per heavy atom. The number of hydrogen-bond donors (Lipinski definition) is 2. The maximum atomic E-state index is 13.0. The summed E-state index contributed by atoms with van der Waals surface area (Å²) < 4.78 is 32.6. The van der Waals surface area contributed by atoms with Gasteiger partial charge in [0.25, 0.3) is 5.91 Å². The molecular weight excluding hydrogens is 442 g/mol. The minimum absolute atomic E-state index is 0.0945. The number of fused-ring (bicyclic) bond motifs is 1. The van der Waals surface area contributed by atoms with Crippen LogP contribution in [0.25, 0.3) is 11.1 Å². The van der Waals surface area contributed by atoms with Crippen LogP contribution < -0.4 is 5.48 Å². The fraction of sp³-hybridized carbons (Fsp3) is 0.375. The molecule has 176 valence electrons. The molecule has 0 bridgehead atoms. The number of carbonyl (C=O) groups excluding carboxylic acids is 1. The van der Waals surface area contributed by atoms with Gasteiger partial charge in [-0.05, 0) is 53.3 Å². The topological polar surface area (TPSA) is 99.2 Å². The molecule has 33 heavy (non-hydrogen) atoms. The van der Waals surface area contributed by atoms with E-state index in [2.05, 4.69) is 23.1 Å². The van der Waals surface area contributed by atoms with Gasteiger partial charge >= 0.3 is 0 Å². The number of hydroxylamine groups is 1. The van der Waals surface area contributed by atoms with E-state index in [1.54, 1.807) is 24.7 Å². The van der Waals surface area contributed by atoms with Gasteiger partial charge < -0.3 is 4.74 Å². The molecule has 2 aliphatic heterocycles. The van der Waals surface area contributed by atoms with Crippen LogP contribution in [0.5, 0.6) is 0 Å². The van der Waals surface area contributed by atoms with Crippen LogP contribution in [0.3, 0.4) is 0 Å². The highest BCUT2D eigenvalue weighted by Gasteiger charge is 2.27. The summed E-state index contributed by atoms with van der Waals surface area (Å²) in [6, 6.07) is 13.4. The van der Waals surface area contributed by atoms with Crippen LogP contribution in [0.4, 0.5) is 0 Å². The largest absolute Gasteiger partial charge is 0.383 e. The zero-order valence-corrected chi connectivity index (χ0v) is 19.5. The van der Waals surface area contributed by atoms with Crippen molar-refractivity contribution in [2.24, 2.45) is 0 Å². The van der Waals surface area contributed by atoms with Gasteiger partial charge in [0.1, 0.15) is 0 Å². The van der Waals surface area contributed by atoms with Gasteiger partial charge in [0, 0.05) is 45.4 Å². The zero-order chi connectivity index (χ0) is 23.4. The van der Waals surface area contributed by atoms with Gasteiger partial charge in [-0.15, -0.1) is 0 Å². The van der Waals surface area contributed by atoms with Crippen molar-refractivity contribution in [3.05, 3.63) is 65.2 Å².